The van der Waals surface area contributed by atoms with Crippen molar-refractivity contribution >= 4 is 15.9 Å². The predicted molar refractivity (Wildman–Crippen MR) is 142 cm³/mol. The molecule has 0 aromatic heterocycles. The molecular weight excluding hydrogens is 490 g/mol. The second kappa shape index (κ2) is 12.2. The van der Waals surface area contributed by atoms with Gasteiger partial charge in [0.2, 0.25) is 15.9 Å². The van der Waals surface area contributed by atoms with Gasteiger partial charge in [0.15, 0.2) is 0 Å². The number of nitrogens with one attached hydrogen (secondary N) is 3. The van der Waals surface area contributed by atoms with Gasteiger partial charge < -0.3 is 20.1 Å². The minimum absolute atomic E-state index is 0.00510. The fourth-order valence-electron chi connectivity index (χ4n) is 4.65. The first-order valence-electron chi connectivity index (χ1n) is 12.2. The normalized spacial score (nSPS) is 17.8. The molecule has 1 aliphatic rings. The van der Waals surface area contributed by atoms with Gasteiger partial charge in [0.25, 0.3) is 0 Å². The number of hydrogen-bond donors (Lipinski definition) is 3. The number of carbonyl (C=O) groups is 1. The summed E-state index contributed by atoms with van der Waals surface area (Å²) in [6.45, 7) is 1.35. The van der Waals surface area contributed by atoms with Crippen LogP contribution in [0.2, 0.25) is 0 Å². The molecule has 196 valence electrons. The number of ether oxygens (including phenoxy) is 2. The van der Waals surface area contributed by atoms with E-state index in [0.29, 0.717) is 31.8 Å². The first kappa shape index (κ1) is 26.7. The Balaban J connectivity index is 1.42. The SMILES string of the molecule is COc1ccc(OC)c(S(=O)(=O)N[C@H]2CNC[C@@H](C(=O)NCC(c3ccccc3)c3ccccc3)C2)c1. The molecule has 0 radical (unpaired) electrons. The summed E-state index contributed by atoms with van der Waals surface area (Å²) in [4.78, 5) is 13.2. The second-order valence-electron chi connectivity index (χ2n) is 9.04. The molecule has 3 N–H and O–H groups in total. The molecule has 0 bridgehead atoms. The van der Waals surface area contributed by atoms with Crippen molar-refractivity contribution in [2.45, 2.75) is 23.3 Å². The zero-order valence-corrected chi connectivity index (χ0v) is 21.8. The standard InChI is InChI=1S/C28H33N3O5S/c1-35-24-13-14-26(36-2)27(16-24)37(33,34)31-23-15-22(17-29-18-23)28(32)30-19-25(20-9-5-3-6-10-20)21-11-7-4-8-12-21/h3-14,16,22-23,25,29,31H,15,17-19H2,1-2H3,(H,30,32)/t22-,23+/m0/s1. The zero-order chi connectivity index (χ0) is 26.3. The third-order valence-corrected chi connectivity index (χ3v) is 8.13. The Morgan fingerprint density at radius 1 is 0.946 bits per heavy atom. The van der Waals surface area contributed by atoms with E-state index >= 15 is 0 Å². The van der Waals surface area contributed by atoms with Crippen LogP contribution in [0.1, 0.15) is 23.5 Å². The van der Waals surface area contributed by atoms with Gasteiger partial charge in [-0.05, 0) is 29.7 Å². The molecule has 3 aromatic rings. The minimum Gasteiger partial charge on any atom is -0.497 e. The van der Waals surface area contributed by atoms with Crippen LogP contribution in [0.4, 0.5) is 0 Å². The van der Waals surface area contributed by atoms with E-state index in [-0.39, 0.29) is 28.4 Å². The Hall–Kier alpha value is -3.40. The first-order chi connectivity index (χ1) is 17.9. The van der Waals surface area contributed by atoms with Gasteiger partial charge in [-0.15, -0.1) is 0 Å². The van der Waals surface area contributed by atoms with Crippen LogP contribution in [0.3, 0.4) is 0 Å². The highest BCUT2D eigenvalue weighted by Crippen LogP contribution is 2.29. The van der Waals surface area contributed by atoms with Crippen molar-refractivity contribution in [1.82, 2.24) is 15.4 Å². The summed E-state index contributed by atoms with van der Waals surface area (Å²) in [5.41, 5.74) is 2.24. The van der Waals surface area contributed by atoms with Crippen LogP contribution in [0.5, 0.6) is 11.5 Å². The highest BCUT2D eigenvalue weighted by molar-refractivity contribution is 7.89. The Morgan fingerprint density at radius 3 is 2.19 bits per heavy atom. The molecule has 8 nitrogen and oxygen atoms in total. The molecular formula is C28H33N3O5S. The van der Waals surface area contributed by atoms with Crippen LogP contribution >= 0.6 is 0 Å². The van der Waals surface area contributed by atoms with E-state index in [1.165, 1.54) is 20.3 Å². The van der Waals surface area contributed by atoms with Crippen LogP contribution in [0.25, 0.3) is 0 Å². The number of benzene rings is 3. The Bertz CT molecular complexity index is 1250. The van der Waals surface area contributed by atoms with Gasteiger partial charge in [0, 0.05) is 37.7 Å². The van der Waals surface area contributed by atoms with Gasteiger partial charge >= 0.3 is 0 Å². The summed E-state index contributed by atoms with van der Waals surface area (Å²) in [5.74, 6) is 0.164. The van der Waals surface area contributed by atoms with Crippen molar-refractivity contribution in [2.24, 2.45) is 5.92 Å². The van der Waals surface area contributed by atoms with Crippen molar-refractivity contribution < 1.29 is 22.7 Å². The van der Waals surface area contributed by atoms with Crippen molar-refractivity contribution in [3.63, 3.8) is 0 Å². The molecule has 1 amide bonds. The molecule has 2 atom stereocenters. The maximum atomic E-state index is 13.2. The lowest BCUT2D eigenvalue weighted by molar-refractivity contribution is -0.125. The predicted octanol–water partition coefficient (Wildman–Crippen LogP) is 2.91. The van der Waals surface area contributed by atoms with Gasteiger partial charge in [-0.1, -0.05) is 60.7 Å². The molecule has 9 heteroatoms. The monoisotopic (exact) mass is 523 g/mol. The lowest BCUT2D eigenvalue weighted by Gasteiger charge is -2.30. The highest BCUT2D eigenvalue weighted by atomic mass is 32.2. The Kier molecular flexibility index (Phi) is 8.81. The highest BCUT2D eigenvalue weighted by Gasteiger charge is 2.31. The Labute approximate surface area is 218 Å². The van der Waals surface area contributed by atoms with Gasteiger partial charge in [0.05, 0.1) is 20.1 Å². The van der Waals surface area contributed by atoms with Crippen LogP contribution in [-0.2, 0) is 14.8 Å². The van der Waals surface area contributed by atoms with Crippen molar-refractivity contribution in [2.75, 3.05) is 33.9 Å². The van der Waals surface area contributed by atoms with Crippen molar-refractivity contribution in [1.29, 1.82) is 0 Å². The molecule has 37 heavy (non-hydrogen) atoms. The number of carbonyl (C=O) groups excluding carboxylic acids is 1. The van der Waals surface area contributed by atoms with Gasteiger partial charge in [-0.2, -0.15) is 0 Å². The molecule has 0 unspecified atom stereocenters. The van der Waals surface area contributed by atoms with Crippen molar-refractivity contribution in [3.8, 4) is 11.5 Å². The summed E-state index contributed by atoms with van der Waals surface area (Å²) in [6, 6.07) is 24.3. The molecule has 1 aliphatic heterocycles. The Morgan fingerprint density at radius 2 is 1.59 bits per heavy atom. The third kappa shape index (κ3) is 6.68. The van der Waals surface area contributed by atoms with E-state index in [1.807, 2.05) is 36.4 Å². The average molecular weight is 524 g/mol. The molecule has 1 fully saturated rings. The maximum absolute atomic E-state index is 13.2. The molecule has 0 saturated carbocycles. The molecule has 0 aliphatic carbocycles. The van der Waals surface area contributed by atoms with E-state index in [2.05, 4.69) is 39.6 Å². The molecule has 4 rings (SSSR count). The van der Waals surface area contributed by atoms with E-state index in [1.54, 1.807) is 12.1 Å². The number of methoxy groups -OCH3 is 2. The molecule has 0 spiro atoms. The van der Waals surface area contributed by atoms with E-state index < -0.39 is 16.1 Å². The topological polar surface area (TPSA) is 106 Å². The lowest BCUT2D eigenvalue weighted by atomic mass is 9.90. The van der Waals surface area contributed by atoms with Crippen LogP contribution in [0.15, 0.2) is 83.8 Å². The fraction of sp³-hybridized carbons (Fsp3) is 0.321. The molecule has 1 saturated heterocycles. The fourth-order valence-corrected chi connectivity index (χ4v) is 6.09. The lowest BCUT2D eigenvalue weighted by Crippen LogP contribution is -2.52. The number of amides is 1. The number of hydrogen-bond acceptors (Lipinski definition) is 6. The minimum atomic E-state index is -3.91. The van der Waals surface area contributed by atoms with Gasteiger partial charge in [0.1, 0.15) is 16.4 Å². The maximum Gasteiger partial charge on any atom is 0.244 e. The number of piperidine rings is 1. The largest absolute Gasteiger partial charge is 0.497 e. The van der Waals surface area contributed by atoms with Crippen LogP contribution in [0, 0.1) is 5.92 Å². The van der Waals surface area contributed by atoms with Crippen molar-refractivity contribution in [3.05, 3.63) is 90.0 Å². The summed E-state index contributed by atoms with van der Waals surface area (Å²) in [5, 5.41) is 6.30. The average Bonchev–Trinajstić information content (AvgIpc) is 2.93. The van der Waals surface area contributed by atoms with Crippen LogP contribution in [-0.4, -0.2) is 54.2 Å². The second-order valence-corrected chi connectivity index (χ2v) is 10.7. The van der Waals surface area contributed by atoms with E-state index in [9.17, 15) is 13.2 Å². The van der Waals surface area contributed by atoms with Gasteiger partial charge in [-0.25, -0.2) is 13.1 Å². The molecule has 1 heterocycles. The zero-order valence-electron chi connectivity index (χ0n) is 21.0. The first-order valence-corrected chi connectivity index (χ1v) is 13.7. The summed E-state index contributed by atoms with van der Waals surface area (Å²) in [7, 11) is -1.02. The van der Waals surface area contributed by atoms with E-state index in [0.717, 1.165) is 11.1 Å². The summed E-state index contributed by atoms with van der Waals surface area (Å²) in [6.07, 6.45) is 0.381. The van der Waals surface area contributed by atoms with Crippen LogP contribution < -0.4 is 24.8 Å². The third-order valence-electron chi connectivity index (χ3n) is 6.59. The molecule has 3 aromatic carbocycles. The summed E-state index contributed by atoms with van der Waals surface area (Å²) < 4.78 is 39.5. The quantitative estimate of drug-likeness (QED) is 0.377. The summed E-state index contributed by atoms with van der Waals surface area (Å²) >= 11 is 0. The number of rotatable bonds is 10. The smallest absolute Gasteiger partial charge is 0.244 e. The van der Waals surface area contributed by atoms with Gasteiger partial charge in [-0.3, -0.25) is 4.79 Å². The van der Waals surface area contributed by atoms with E-state index in [4.69, 9.17) is 9.47 Å². The number of sulfonamides is 1.